The lowest BCUT2D eigenvalue weighted by atomic mass is 9.97. The van der Waals surface area contributed by atoms with Crippen LogP contribution >= 0.6 is 0 Å². The Morgan fingerprint density at radius 1 is 1.48 bits per heavy atom. The Hall–Kier alpha value is -1.76. The highest BCUT2D eigenvalue weighted by molar-refractivity contribution is 5.94. The minimum absolute atomic E-state index is 0.0378. The number of aromatic nitrogens is 1. The summed E-state index contributed by atoms with van der Waals surface area (Å²) in [4.78, 5) is 15.7. The van der Waals surface area contributed by atoms with Crippen LogP contribution in [0, 0.1) is 0 Å². The molecule has 0 aliphatic carbocycles. The highest BCUT2D eigenvalue weighted by atomic mass is 19.3. The third-order valence-corrected chi connectivity index (χ3v) is 3.25. The van der Waals surface area contributed by atoms with E-state index in [4.69, 9.17) is 4.74 Å². The average Bonchev–Trinajstić information content (AvgIpc) is 2.50. The monoisotopic (exact) mass is 302 g/mol. The second-order valence-electron chi connectivity index (χ2n) is 4.70. The molecule has 1 heterocycles. The summed E-state index contributed by atoms with van der Waals surface area (Å²) < 4.78 is 28.9. The summed E-state index contributed by atoms with van der Waals surface area (Å²) in [6.07, 6.45) is -0.263. The number of carbonyl (C=O) groups excluding carboxylic acids is 1. The van der Waals surface area contributed by atoms with Gasteiger partial charge in [0.25, 0.3) is 12.3 Å². The normalized spacial score (nSPS) is 11.5. The van der Waals surface area contributed by atoms with Gasteiger partial charge in [-0.25, -0.2) is 13.8 Å². The molecule has 21 heavy (non-hydrogen) atoms. The number of rotatable bonds is 8. The number of nitrogens with one attached hydrogen (secondary N) is 1. The summed E-state index contributed by atoms with van der Waals surface area (Å²) in [5.41, 5.74) is -0.707. The predicted octanol–water partition coefficient (Wildman–Crippen LogP) is 2.01. The number of alkyl halides is 2. The molecule has 2 N–H and O–H groups in total. The Balaban J connectivity index is 2.64. The molecule has 7 heteroatoms. The largest absolute Gasteiger partial charge is 0.472 e. The quantitative estimate of drug-likeness (QED) is 0.770. The van der Waals surface area contributed by atoms with Crippen molar-refractivity contribution in [1.29, 1.82) is 0 Å². The van der Waals surface area contributed by atoms with Crippen molar-refractivity contribution < 1.29 is 23.4 Å². The van der Waals surface area contributed by atoms with Crippen LogP contribution < -0.4 is 10.1 Å². The second kappa shape index (κ2) is 7.87. The van der Waals surface area contributed by atoms with Gasteiger partial charge in [-0.05, 0) is 18.9 Å². The first-order valence-corrected chi connectivity index (χ1v) is 6.77. The zero-order valence-corrected chi connectivity index (χ0v) is 12.1. The van der Waals surface area contributed by atoms with Crippen LogP contribution in [0.2, 0.25) is 0 Å². The minimum Gasteiger partial charge on any atom is -0.472 e. The zero-order valence-electron chi connectivity index (χ0n) is 12.1. The standard InChI is InChI=1S/C14H20F2N2O3/c1-3-14(20,4-2)9-18-13(19)10-5-6-17-12(7-10)21-8-11(15)16/h5-7,11,20H,3-4,8-9H2,1-2H3,(H,18,19). The Labute approximate surface area is 122 Å². The van der Waals surface area contributed by atoms with Crippen LogP contribution in [0.3, 0.4) is 0 Å². The van der Waals surface area contributed by atoms with Gasteiger partial charge in [0.15, 0.2) is 6.61 Å². The molecule has 118 valence electrons. The minimum atomic E-state index is -2.60. The molecule has 1 rings (SSSR count). The highest BCUT2D eigenvalue weighted by Crippen LogP contribution is 2.14. The van der Waals surface area contributed by atoms with Gasteiger partial charge in [-0.2, -0.15) is 0 Å². The summed E-state index contributed by atoms with van der Waals surface area (Å²) in [5.74, 6) is -0.455. The molecular weight excluding hydrogens is 282 g/mol. The summed E-state index contributed by atoms with van der Waals surface area (Å²) in [6, 6.07) is 2.73. The summed E-state index contributed by atoms with van der Waals surface area (Å²) in [6.45, 7) is 3.01. The van der Waals surface area contributed by atoms with E-state index in [0.717, 1.165) is 0 Å². The fourth-order valence-electron chi connectivity index (χ4n) is 1.62. The highest BCUT2D eigenvalue weighted by Gasteiger charge is 2.23. The molecule has 5 nitrogen and oxygen atoms in total. The molecule has 0 bridgehead atoms. The Bertz CT molecular complexity index is 465. The van der Waals surface area contributed by atoms with Gasteiger partial charge in [-0.1, -0.05) is 13.8 Å². The van der Waals surface area contributed by atoms with Crippen LogP contribution in [0.5, 0.6) is 5.88 Å². The van der Waals surface area contributed by atoms with Crippen LogP contribution in [-0.4, -0.2) is 41.2 Å². The van der Waals surface area contributed by atoms with Gasteiger partial charge in [-0.15, -0.1) is 0 Å². The van der Waals surface area contributed by atoms with Gasteiger partial charge in [0.1, 0.15) is 0 Å². The van der Waals surface area contributed by atoms with E-state index in [1.165, 1.54) is 18.3 Å². The lowest BCUT2D eigenvalue weighted by Gasteiger charge is -2.25. The number of pyridine rings is 1. The molecule has 0 fully saturated rings. The lowest BCUT2D eigenvalue weighted by Crippen LogP contribution is -2.42. The van der Waals surface area contributed by atoms with Crippen molar-refractivity contribution in [3.8, 4) is 5.88 Å². The van der Waals surface area contributed by atoms with Crippen molar-refractivity contribution in [1.82, 2.24) is 10.3 Å². The van der Waals surface area contributed by atoms with Crippen molar-refractivity contribution >= 4 is 5.91 Å². The van der Waals surface area contributed by atoms with E-state index in [-0.39, 0.29) is 18.0 Å². The molecule has 0 aliphatic rings. The first-order valence-electron chi connectivity index (χ1n) is 6.77. The number of aliphatic hydroxyl groups is 1. The van der Waals surface area contributed by atoms with E-state index in [0.29, 0.717) is 12.8 Å². The molecule has 0 aromatic carbocycles. The van der Waals surface area contributed by atoms with Gasteiger partial charge in [0, 0.05) is 24.4 Å². The first-order chi connectivity index (χ1) is 9.90. The van der Waals surface area contributed by atoms with E-state index >= 15 is 0 Å². The number of ether oxygens (including phenoxy) is 1. The Morgan fingerprint density at radius 2 is 2.14 bits per heavy atom. The maximum Gasteiger partial charge on any atom is 0.272 e. The van der Waals surface area contributed by atoms with Gasteiger partial charge in [0.2, 0.25) is 5.88 Å². The smallest absolute Gasteiger partial charge is 0.272 e. The van der Waals surface area contributed by atoms with Gasteiger partial charge < -0.3 is 15.2 Å². The molecule has 1 amide bonds. The van der Waals surface area contributed by atoms with Crippen molar-refractivity contribution in [3.63, 3.8) is 0 Å². The molecule has 0 unspecified atom stereocenters. The van der Waals surface area contributed by atoms with E-state index in [2.05, 4.69) is 10.3 Å². The third kappa shape index (κ3) is 5.63. The van der Waals surface area contributed by atoms with Crippen LogP contribution in [0.4, 0.5) is 8.78 Å². The van der Waals surface area contributed by atoms with E-state index in [9.17, 15) is 18.7 Å². The molecule has 0 saturated heterocycles. The van der Waals surface area contributed by atoms with E-state index < -0.39 is 24.5 Å². The topological polar surface area (TPSA) is 71.5 Å². The number of nitrogens with zero attached hydrogens (tertiary/aromatic N) is 1. The molecular formula is C14H20F2N2O3. The molecule has 0 aliphatic heterocycles. The summed E-state index contributed by atoms with van der Waals surface area (Å²) in [7, 11) is 0. The Morgan fingerprint density at radius 3 is 2.71 bits per heavy atom. The molecule has 0 saturated carbocycles. The molecule has 0 atom stereocenters. The van der Waals surface area contributed by atoms with Gasteiger partial charge in [-0.3, -0.25) is 4.79 Å². The molecule has 1 aromatic rings. The van der Waals surface area contributed by atoms with Crippen LogP contribution in [0.15, 0.2) is 18.3 Å². The van der Waals surface area contributed by atoms with Crippen LogP contribution in [0.1, 0.15) is 37.0 Å². The summed E-state index contributed by atoms with van der Waals surface area (Å²) >= 11 is 0. The Kier molecular flexibility index (Phi) is 6.48. The van der Waals surface area contributed by atoms with Crippen molar-refractivity contribution in [2.75, 3.05) is 13.2 Å². The van der Waals surface area contributed by atoms with Crippen molar-refractivity contribution in [2.45, 2.75) is 38.7 Å². The maximum atomic E-state index is 12.0. The molecule has 1 aromatic heterocycles. The number of hydrogen-bond donors (Lipinski definition) is 2. The van der Waals surface area contributed by atoms with Crippen LogP contribution in [-0.2, 0) is 0 Å². The van der Waals surface area contributed by atoms with Crippen molar-refractivity contribution in [3.05, 3.63) is 23.9 Å². The molecule has 0 radical (unpaired) electrons. The number of carbonyl (C=O) groups is 1. The van der Waals surface area contributed by atoms with E-state index in [1.54, 1.807) is 0 Å². The molecule has 0 spiro atoms. The number of halogens is 2. The van der Waals surface area contributed by atoms with Gasteiger partial charge in [0.05, 0.1) is 5.60 Å². The number of amides is 1. The fraction of sp³-hybridized carbons (Fsp3) is 0.571. The lowest BCUT2D eigenvalue weighted by molar-refractivity contribution is 0.0314. The van der Waals surface area contributed by atoms with Gasteiger partial charge >= 0.3 is 0 Å². The average molecular weight is 302 g/mol. The number of hydrogen-bond acceptors (Lipinski definition) is 4. The predicted molar refractivity (Wildman–Crippen MR) is 73.6 cm³/mol. The fourth-order valence-corrected chi connectivity index (χ4v) is 1.62. The van der Waals surface area contributed by atoms with Crippen molar-refractivity contribution in [2.24, 2.45) is 0 Å². The maximum absolute atomic E-state index is 12.0. The SMILES string of the molecule is CCC(O)(CC)CNC(=O)c1ccnc(OCC(F)F)c1. The first kappa shape index (κ1) is 17.3. The van der Waals surface area contributed by atoms with Crippen LogP contribution in [0.25, 0.3) is 0 Å². The second-order valence-corrected chi connectivity index (χ2v) is 4.70. The van der Waals surface area contributed by atoms with E-state index in [1.807, 2.05) is 13.8 Å². The summed E-state index contributed by atoms with van der Waals surface area (Å²) in [5, 5.41) is 12.7. The third-order valence-electron chi connectivity index (χ3n) is 3.25. The zero-order chi connectivity index (χ0) is 15.9.